The van der Waals surface area contributed by atoms with Crippen LogP contribution in [0.3, 0.4) is 0 Å². The minimum Gasteiger partial charge on any atom is -0.494 e. The zero-order chi connectivity index (χ0) is 18.1. The molecular formula is C17H25FN6O. The van der Waals surface area contributed by atoms with Gasteiger partial charge in [0.2, 0.25) is 0 Å². The van der Waals surface area contributed by atoms with E-state index in [0.717, 1.165) is 37.5 Å². The van der Waals surface area contributed by atoms with Gasteiger partial charge in [-0.15, -0.1) is 10.2 Å². The maximum absolute atomic E-state index is 13.8. The first kappa shape index (κ1) is 18.7. The second-order valence-corrected chi connectivity index (χ2v) is 5.71. The Morgan fingerprint density at radius 1 is 1.32 bits per heavy atom. The van der Waals surface area contributed by atoms with Crippen LogP contribution in [-0.4, -0.2) is 53.4 Å². The lowest BCUT2D eigenvalue weighted by Gasteiger charge is -2.22. The van der Waals surface area contributed by atoms with Crippen LogP contribution in [0.5, 0.6) is 5.75 Å². The van der Waals surface area contributed by atoms with Crippen molar-refractivity contribution in [3.8, 4) is 5.75 Å². The van der Waals surface area contributed by atoms with Gasteiger partial charge in [-0.3, -0.25) is 4.99 Å². The molecule has 0 aliphatic carbocycles. The number of methoxy groups -OCH3 is 1. The Hall–Kier alpha value is -2.64. The fraction of sp³-hybridized carbons (Fsp3) is 0.471. The van der Waals surface area contributed by atoms with Crippen LogP contribution in [0.15, 0.2) is 35.8 Å². The summed E-state index contributed by atoms with van der Waals surface area (Å²) in [5.41, 5.74) is 0.858. The molecule has 8 heteroatoms. The van der Waals surface area contributed by atoms with Gasteiger partial charge in [0.25, 0.3) is 0 Å². The SMILES string of the molecule is CN=C(NCCCCn1cnnc1)N(C)Cc1ccc(OC)c(F)c1. The first-order valence-corrected chi connectivity index (χ1v) is 8.20. The van der Waals surface area contributed by atoms with E-state index in [4.69, 9.17) is 4.74 Å². The number of guanidine groups is 1. The number of hydrogen-bond donors (Lipinski definition) is 1. The molecule has 0 amide bonds. The number of unbranched alkanes of at least 4 members (excludes halogenated alkanes) is 1. The van der Waals surface area contributed by atoms with E-state index in [-0.39, 0.29) is 11.6 Å². The number of ether oxygens (including phenoxy) is 1. The number of nitrogens with zero attached hydrogens (tertiary/aromatic N) is 5. The first-order valence-electron chi connectivity index (χ1n) is 8.20. The van der Waals surface area contributed by atoms with Gasteiger partial charge in [0, 0.05) is 33.7 Å². The number of aromatic nitrogens is 3. The van der Waals surface area contributed by atoms with Gasteiger partial charge in [-0.25, -0.2) is 4.39 Å². The van der Waals surface area contributed by atoms with Crippen LogP contribution in [0.2, 0.25) is 0 Å². The van der Waals surface area contributed by atoms with E-state index in [2.05, 4.69) is 20.5 Å². The normalized spacial score (nSPS) is 11.4. The predicted molar refractivity (Wildman–Crippen MR) is 95.0 cm³/mol. The molecule has 0 unspecified atom stereocenters. The number of nitrogens with one attached hydrogen (secondary N) is 1. The fourth-order valence-corrected chi connectivity index (χ4v) is 2.50. The van der Waals surface area contributed by atoms with Crippen molar-refractivity contribution in [2.45, 2.75) is 25.9 Å². The van der Waals surface area contributed by atoms with Gasteiger partial charge in [-0.2, -0.15) is 0 Å². The van der Waals surface area contributed by atoms with Gasteiger partial charge in [-0.1, -0.05) is 6.07 Å². The molecule has 0 atom stereocenters. The Labute approximate surface area is 147 Å². The van der Waals surface area contributed by atoms with Gasteiger partial charge in [0.05, 0.1) is 7.11 Å². The minimum absolute atomic E-state index is 0.252. The number of aliphatic imine (C=N–C) groups is 1. The topological polar surface area (TPSA) is 67.6 Å². The molecule has 7 nitrogen and oxygen atoms in total. The van der Waals surface area contributed by atoms with E-state index in [9.17, 15) is 4.39 Å². The van der Waals surface area contributed by atoms with Crippen LogP contribution in [0.25, 0.3) is 0 Å². The van der Waals surface area contributed by atoms with Gasteiger partial charge in [0.15, 0.2) is 17.5 Å². The van der Waals surface area contributed by atoms with Crippen molar-refractivity contribution in [2.75, 3.05) is 27.7 Å². The van der Waals surface area contributed by atoms with Crippen LogP contribution in [0, 0.1) is 5.82 Å². The third-order valence-corrected chi connectivity index (χ3v) is 3.80. The highest BCUT2D eigenvalue weighted by atomic mass is 19.1. The fourth-order valence-electron chi connectivity index (χ4n) is 2.50. The summed E-state index contributed by atoms with van der Waals surface area (Å²) in [4.78, 5) is 6.23. The monoisotopic (exact) mass is 348 g/mol. The Morgan fingerprint density at radius 3 is 2.72 bits per heavy atom. The van der Waals surface area contributed by atoms with E-state index in [0.29, 0.717) is 6.54 Å². The molecule has 2 aromatic rings. The summed E-state index contributed by atoms with van der Waals surface area (Å²) in [5.74, 6) is 0.674. The molecule has 0 aliphatic rings. The highest BCUT2D eigenvalue weighted by Crippen LogP contribution is 2.18. The highest BCUT2D eigenvalue weighted by molar-refractivity contribution is 5.79. The molecule has 0 spiro atoms. The third-order valence-electron chi connectivity index (χ3n) is 3.80. The molecule has 0 saturated heterocycles. The lowest BCUT2D eigenvalue weighted by atomic mass is 10.2. The third kappa shape index (κ3) is 5.74. The van der Waals surface area contributed by atoms with Crippen LogP contribution >= 0.6 is 0 Å². The van der Waals surface area contributed by atoms with E-state index in [1.807, 2.05) is 22.6 Å². The van der Waals surface area contributed by atoms with Crippen LogP contribution in [0.4, 0.5) is 4.39 Å². The number of halogens is 1. The van der Waals surface area contributed by atoms with Crippen molar-refractivity contribution in [1.29, 1.82) is 0 Å². The Balaban J connectivity index is 1.76. The number of hydrogen-bond acceptors (Lipinski definition) is 4. The second-order valence-electron chi connectivity index (χ2n) is 5.71. The maximum Gasteiger partial charge on any atom is 0.193 e. The zero-order valence-corrected chi connectivity index (χ0v) is 14.9. The summed E-state index contributed by atoms with van der Waals surface area (Å²) in [6.07, 6.45) is 5.46. The van der Waals surface area contributed by atoms with Crippen molar-refractivity contribution >= 4 is 5.96 Å². The van der Waals surface area contributed by atoms with E-state index < -0.39 is 0 Å². The van der Waals surface area contributed by atoms with Gasteiger partial charge in [0.1, 0.15) is 12.7 Å². The smallest absolute Gasteiger partial charge is 0.193 e. The van der Waals surface area contributed by atoms with Crippen LogP contribution in [0.1, 0.15) is 18.4 Å². The lowest BCUT2D eigenvalue weighted by Crippen LogP contribution is -2.38. The highest BCUT2D eigenvalue weighted by Gasteiger charge is 2.09. The molecule has 0 aliphatic heterocycles. The van der Waals surface area contributed by atoms with E-state index in [1.54, 1.807) is 25.8 Å². The average Bonchev–Trinajstić information content (AvgIpc) is 3.11. The van der Waals surface area contributed by atoms with Gasteiger partial charge < -0.3 is 19.5 Å². The number of rotatable bonds is 8. The Bertz CT molecular complexity index is 674. The van der Waals surface area contributed by atoms with Crippen molar-refractivity contribution in [3.63, 3.8) is 0 Å². The zero-order valence-electron chi connectivity index (χ0n) is 14.9. The van der Waals surface area contributed by atoms with Gasteiger partial charge >= 0.3 is 0 Å². The molecule has 0 fully saturated rings. The predicted octanol–water partition coefficient (Wildman–Crippen LogP) is 1.91. The number of aryl methyl sites for hydroxylation is 1. The largest absolute Gasteiger partial charge is 0.494 e. The molecule has 2 rings (SSSR count). The number of benzene rings is 1. The van der Waals surface area contributed by atoms with Crippen LogP contribution in [-0.2, 0) is 13.1 Å². The van der Waals surface area contributed by atoms with Crippen molar-refractivity contribution in [1.82, 2.24) is 25.0 Å². The summed E-state index contributed by atoms with van der Waals surface area (Å²) < 4.78 is 20.7. The summed E-state index contributed by atoms with van der Waals surface area (Å²) in [6.45, 7) is 2.27. The summed E-state index contributed by atoms with van der Waals surface area (Å²) in [5, 5.41) is 10.9. The van der Waals surface area contributed by atoms with E-state index in [1.165, 1.54) is 13.2 Å². The average molecular weight is 348 g/mol. The molecule has 1 heterocycles. The first-order chi connectivity index (χ1) is 12.1. The molecule has 0 radical (unpaired) electrons. The van der Waals surface area contributed by atoms with Gasteiger partial charge in [-0.05, 0) is 30.5 Å². The summed E-state index contributed by atoms with van der Waals surface area (Å²) in [6, 6.07) is 4.98. The summed E-state index contributed by atoms with van der Waals surface area (Å²) in [7, 11) is 5.12. The van der Waals surface area contributed by atoms with Crippen molar-refractivity contribution < 1.29 is 9.13 Å². The molecule has 1 aromatic carbocycles. The molecule has 1 aromatic heterocycles. The van der Waals surface area contributed by atoms with E-state index >= 15 is 0 Å². The Morgan fingerprint density at radius 2 is 2.08 bits per heavy atom. The lowest BCUT2D eigenvalue weighted by molar-refractivity contribution is 0.385. The molecule has 0 bridgehead atoms. The quantitative estimate of drug-likeness (QED) is 0.448. The minimum atomic E-state index is -0.356. The standard InChI is InChI=1S/C17H25FN6O/c1-19-17(20-8-4-5-9-24-12-21-22-13-24)23(2)11-14-6-7-16(25-3)15(18)10-14/h6-7,10,12-13H,4-5,8-9,11H2,1-3H3,(H,19,20). The molecule has 0 saturated carbocycles. The molecular weight excluding hydrogens is 323 g/mol. The van der Waals surface area contributed by atoms with Crippen molar-refractivity contribution in [2.24, 2.45) is 4.99 Å². The second kappa shape index (κ2) is 9.61. The molecule has 136 valence electrons. The van der Waals surface area contributed by atoms with Crippen molar-refractivity contribution in [3.05, 3.63) is 42.2 Å². The maximum atomic E-state index is 13.8. The Kier molecular flexibility index (Phi) is 7.18. The summed E-state index contributed by atoms with van der Waals surface area (Å²) >= 11 is 0. The molecule has 1 N–H and O–H groups in total. The van der Waals surface area contributed by atoms with Crippen LogP contribution < -0.4 is 10.1 Å². The molecule has 25 heavy (non-hydrogen) atoms.